The largest absolute Gasteiger partial charge is 0.434 e. The number of nitrogens with zero attached hydrogens (tertiary/aromatic N) is 3. The molecule has 0 radical (unpaired) electrons. The molecule has 1 N–H and O–H groups in total. The predicted octanol–water partition coefficient (Wildman–Crippen LogP) is 4.50. The summed E-state index contributed by atoms with van der Waals surface area (Å²) in [6.07, 6.45) is 0.534. The van der Waals surface area contributed by atoms with Crippen molar-refractivity contribution in [3.63, 3.8) is 0 Å². The maximum absolute atomic E-state index is 12.7. The Kier molecular flexibility index (Phi) is 7.21. The van der Waals surface area contributed by atoms with Gasteiger partial charge in [-0.15, -0.1) is 21.5 Å². The molecule has 0 aliphatic heterocycles. The highest BCUT2D eigenvalue weighted by molar-refractivity contribution is 7.99. The van der Waals surface area contributed by atoms with Gasteiger partial charge in [-0.3, -0.25) is 4.79 Å². The lowest BCUT2D eigenvalue weighted by molar-refractivity contribution is -0.119. The zero-order valence-electron chi connectivity index (χ0n) is 15.8. The molecule has 29 heavy (non-hydrogen) atoms. The number of hydrogen-bond acceptors (Lipinski definition) is 6. The molecular formula is C19H20F2N4O2S2. The van der Waals surface area contributed by atoms with Crippen LogP contribution in [-0.2, 0) is 11.8 Å². The van der Waals surface area contributed by atoms with Gasteiger partial charge in [0.2, 0.25) is 5.91 Å². The van der Waals surface area contributed by atoms with Crippen LogP contribution in [0.5, 0.6) is 5.75 Å². The third kappa shape index (κ3) is 5.33. The Morgan fingerprint density at radius 1 is 1.28 bits per heavy atom. The SMILES string of the molecule is CCC(NC(=O)CSc1nnc(-c2cccs2)n1C)c1ccccc1OC(F)F. The molecule has 0 bridgehead atoms. The van der Waals surface area contributed by atoms with Crippen LogP contribution in [-0.4, -0.2) is 33.0 Å². The molecule has 1 aromatic carbocycles. The molecule has 154 valence electrons. The second kappa shape index (κ2) is 9.84. The quantitative estimate of drug-likeness (QED) is 0.498. The molecule has 0 fully saturated rings. The zero-order chi connectivity index (χ0) is 20.8. The Hall–Kier alpha value is -2.46. The van der Waals surface area contributed by atoms with Crippen molar-refractivity contribution in [2.75, 3.05) is 5.75 Å². The third-order valence-corrected chi connectivity index (χ3v) is 6.05. The van der Waals surface area contributed by atoms with Crippen LogP contribution in [0.15, 0.2) is 46.9 Å². The number of halogens is 2. The van der Waals surface area contributed by atoms with Crippen molar-refractivity contribution in [3.8, 4) is 16.5 Å². The van der Waals surface area contributed by atoms with Crippen molar-refractivity contribution in [2.45, 2.75) is 31.2 Å². The first-order chi connectivity index (χ1) is 14.0. The Balaban J connectivity index is 1.63. The number of nitrogens with one attached hydrogen (secondary N) is 1. The van der Waals surface area contributed by atoms with Crippen LogP contribution in [0.1, 0.15) is 24.9 Å². The van der Waals surface area contributed by atoms with Crippen LogP contribution in [0.4, 0.5) is 8.78 Å². The van der Waals surface area contributed by atoms with E-state index in [9.17, 15) is 13.6 Å². The number of aromatic nitrogens is 3. The number of rotatable bonds is 9. The van der Waals surface area contributed by atoms with Crippen molar-refractivity contribution in [1.82, 2.24) is 20.1 Å². The van der Waals surface area contributed by atoms with Gasteiger partial charge in [-0.25, -0.2) is 0 Å². The molecule has 0 aliphatic carbocycles. The maximum Gasteiger partial charge on any atom is 0.387 e. The highest BCUT2D eigenvalue weighted by atomic mass is 32.2. The van der Waals surface area contributed by atoms with Crippen LogP contribution in [0.25, 0.3) is 10.7 Å². The van der Waals surface area contributed by atoms with Crippen molar-refractivity contribution in [3.05, 3.63) is 47.3 Å². The Bertz CT molecular complexity index is 948. The number of alkyl halides is 2. The summed E-state index contributed by atoms with van der Waals surface area (Å²) in [5.74, 6) is 0.711. The molecule has 2 heterocycles. The Morgan fingerprint density at radius 3 is 2.76 bits per heavy atom. The van der Waals surface area contributed by atoms with E-state index in [1.807, 2.05) is 36.1 Å². The molecule has 10 heteroatoms. The van der Waals surface area contributed by atoms with Crippen molar-refractivity contribution in [1.29, 1.82) is 0 Å². The average molecular weight is 439 g/mol. The summed E-state index contributed by atoms with van der Waals surface area (Å²) in [6, 6.07) is 9.95. The van der Waals surface area contributed by atoms with E-state index in [1.54, 1.807) is 29.5 Å². The van der Waals surface area contributed by atoms with E-state index in [4.69, 9.17) is 0 Å². The second-order valence-corrected chi connectivity index (χ2v) is 7.97. The third-order valence-electron chi connectivity index (χ3n) is 4.16. The van der Waals surface area contributed by atoms with E-state index < -0.39 is 12.7 Å². The zero-order valence-corrected chi connectivity index (χ0v) is 17.5. The van der Waals surface area contributed by atoms with Crippen LogP contribution in [0, 0.1) is 0 Å². The van der Waals surface area contributed by atoms with E-state index in [-0.39, 0.29) is 17.4 Å². The highest BCUT2D eigenvalue weighted by Crippen LogP contribution is 2.29. The molecule has 2 aromatic heterocycles. The van der Waals surface area contributed by atoms with Crippen LogP contribution in [0.3, 0.4) is 0 Å². The summed E-state index contributed by atoms with van der Waals surface area (Å²) in [5.41, 5.74) is 0.521. The summed E-state index contributed by atoms with van der Waals surface area (Å²) in [4.78, 5) is 13.5. The summed E-state index contributed by atoms with van der Waals surface area (Å²) < 4.78 is 31.7. The van der Waals surface area contributed by atoms with Gasteiger partial charge in [-0.2, -0.15) is 8.78 Å². The smallest absolute Gasteiger partial charge is 0.387 e. The lowest BCUT2D eigenvalue weighted by Crippen LogP contribution is -2.30. The molecule has 3 aromatic rings. The molecule has 0 saturated heterocycles. The first-order valence-corrected chi connectivity index (χ1v) is 10.7. The molecule has 0 aliphatic rings. The topological polar surface area (TPSA) is 69.0 Å². The van der Waals surface area contributed by atoms with E-state index in [1.165, 1.54) is 17.8 Å². The fraction of sp³-hybridized carbons (Fsp3) is 0.316. The normalized spacial score (nSPS) is 12.2. The van der Waals surface area contributed by atoms with E-state index >= 15 is 0 Å². The van der Waals surface area contributed by atoms with E-state index in [0.717, 1.165) is 10.7 Å². The van der Waals surface area contributed by atoms with Gasteiger partial charge in [0.25, 0.3) is 0 Å². The van der Waals surface area contributed by atoms with Gasteiger partial charge < -0.3 is 14.6 Å². The van der Waals surface area contributed by atoms with Crippen molar-refractivity contribution in [2.24, 2.45) is 7.05 Å². The number of ether oxygens (including phenoxy) is 1. The fourth-order valence-electron chi connectivity index (χ4n) is 2.80. The molecule has 3 rings (SSSR count). The summed E-state index contributed by atoms with van der Waals surface area (Å²) in [7, 11) is 1.85. The number of para-hydroxylation sites is 1. The van der Waals surface area contributed by atoms with Crippen molar-refractivity contribution < 1.29 is 18.3 Å². The highest BCUT2D eigenvalue weighted by Gasteiger charge is 2.20. The molecule has 1 amide bonds. The van der Waals surface area contributed by atoms with Crippen LogP contribution in [0.2, 0.25) is 0 Å². The first-order valence-electron chi connectivity index (χ1n) is 8.88. The summed E-state index contributed by atoms with van der Waals surface area (Å²) in [6.45, 7) is -1.05. The number of thioether (sulfide) groups is 1. The molecular weight excluding hydrogens is 418 g/mol. The van der Waals surface area contributed by atoms with Crippen molar-refractivity contribution >= 4 is 29.0 Å². The minimum Gasteiger partial charge on any atom is -0.434 e. The van der Waals surface area contributed by atoms with Gasteiger partial charge in [-0.1, -0.05) is 43.0 Å². The summed E-state index contributed by atoms with van der Waals surface area (Å²) in [5, 5.41) is 13.8. The van der Waals surface area contributed by atoms with Gasteiger partial charge in [0, 0.05) is 12.6 Å². The lowest BCUT2D eigenvalue weighted by atomic mass is 10.0. The predicted molar refractivity (Wildman–Crippen MR) is 109 cm³/mol. The molecule has 1 atom stereocenters. The van der Waals surface area contributed by atoms with Gasteiger partial charge in [-0.05, 0) is 23.9 Å². The molecule has 6 nitrogen and oxygen atoms in total. The number of hydrogen-bond donors (Lipinski definition) is 1. The lowest BCUT2D eigenvalue weighted by Gasteiger charge is -2.20. The van der Waals surface area contributed by atoms with Crippen LogP contribution >= 0.6 is 23.1 Å². The van der Waals surface area contributed by atoms with Gasteiger partial charge in [0.15, 0.2) is 11.0 Å². The van der Waals surface area contributed by atoms with Gasteiger partial charge >= 0.3 is 6.61 Å². The average Bonchev–Trinajstić information content (AvgIpc) is 3.34. The summed E-state index contributed by atoms with van der Waals surface area (Å²) >= 11 is 2.83. The minimum atomic E-state index is -2.92. The van der Waals surface area contributed by atoms with E-state index in [2.05, 4.69) is 20.3 Å². The van der Waals surface area contributed by atoms with Gasteiger partial charge in [0.1, 0.15) is 5.75 Å². The fourth-order valence-corrected chi connectivity index (χ4v) is 4.26. The second-order valence-electron chi connectivity index (χ2n) is 6.08. The maximum atomic E-state index is 12.7. The Labute approximate surface area is 175 Å². The molecule has 1 unspecified atom stereocenters. The monoisotopic (exact) mass is 438 g/mol. The van der Waals surface area contributed by atoms with E-state index in [0.29, 0.717) is 17.1 Å². The standard InChI is InChI=1S/C19H20F2N4O2S2/c1-3-13(12-7-4-5-8-14(12)27-18(20)21)22-16(26)11-29-19-24-23-17(25(19)2)15-9-6-10-28-15/h4-10,13,18H,3,11H2,1-2H3,(H,22,26). The minimum absolute atomic E-state index is 0.0659. The van der Waals surface area contributed by atoms with Crippen LogP contribution < -0.4 is 10.1 Å². The number of carbonyl (C=O) groups is 1. The Morgan fingerprint density at radius 2 is 2.07 bits per heavy atom. The molecule has 0 spiro atoms. The number of carbonyl (C=O) groups excluding carboxylic acids is 1. The molecule has 0 saturated carbocycles. The number of thiophene rings is 1. The van der Waals surface area contributed by atoms with Gasteiger partial charge in [0.05, 0.1) is 16.7 Å². The number of benzene rings is 1. The first kappa shape index (κ1) is 21.3. The number of amides is 1.